The number of guanidine groups is 1. The number of benzene rings is 2. The number of halogens is 1. The number of hydrogen-bond acceptors (Lipinski definition) is 4. The molecular formula is C25H34IN7. The van der Waals surface area contributed by atoms with Crippen molar-refractivity contribution >= 4 is 29.9 Å². The van der Waals surface area contributed by atoms with E-state index in [0.717, 1.165) is 38.7 Å². The SMILES string of the molecule is CCNC(=NCc1cccc(Cn2cncn2)c1)NCC1CCCN1Cc1ccccc1.I. The van der Waals surface area contributed by atoms with Gasteiger partial charge in [-0.05, 0) is 43.0 Å². The first-order chi connectivity index (χ1) is 15.8. The lowest BCUT2D eigenvalue weighted by molar-refractivity contribution is 0.245. The number of hydrogen-bond donors (Lipinski definition) is 2. The smallest absolute Gasteiger partial charge is 0.191 e. The molecule has 1 aromatic heterocycles. The molecule has 0 amide bonds. The molecule has 1 unspecified atom stereocenters. The van der Waals surface area contributed by atoms with Crippen LogP contribution in [-0.2, 0) is 19.6 Å². The van der Waals surface area contributed by atoms with Crippen LogP contribution in [0.5, 0.6) is 0 Å². The van der Waals surface area contributed by atoms with E-state index in [2.05, 4.69) is 87.1 Å². The van der Waals surface area contributed by atoms with Gasteiger partial charge in [-0.25, -0.2) is 14.7 Å². The number of rotatable bonds is 9. The number of aromatic nitrogens is 3. The second kappa shape index (κ2) is 13.3. The van der Waals surface area contributed by atoms with Gasteiger partial charge in [-0.3, -0.25) is 4.90 Å². The van der Waals surface area contributed by atoms with E-state index in [4.69, 9.17) is 4.99 Å². The van der Waals surface area contributed by atoms with E-state index >= 15 is 0 Å². The summed E-state index contributed by atoms with van der Waals surface area (Å²) in [5.74, 6) is 0.876. The Morgan fingerprint density at radius 1 is 1.03 bits per heavy atom. The fraction of sp³-hybridized carbons (Fsp3) is 0.400. The molecule has 2 aromatic carbocycles. The first-order valence-electron chi connectivity index (χ1n) is 11.5. The zero-order valence-corrected chi connectivity index (χ0v) is 21.6. The molecule has 3 aromatic rings. The summed E-state index contributed by atoms with van der Waals surface area (Å²) in [4.78, 5) is 11.4. The first kappa shape index (κ1) is 25.2. The molecule has 0 aliphatic carbocycles. The average molecular weight is 560 g/mol. The highest BCUT2D eigenvalue weighted by molar-refractivity contribution is 14.0. The minimum atomic E-state index is 0. The maximum Gasteiger partial charge on any atom is 0.191 e. The van der Waals surface area contributed by atoms with Gasteiger partial charge in [0.1, 0.15) is 12.7 Å². The monoisotopic (exact) mass is 559 g/mol. The van der Waals surface area contributed by atoms with Crippen LogP contribution in [0.2, 0.25) is 0 Å². The van der Waals surface area contributed by atoms with Gasteiger partial charge in [-0.1, -0.05) is 54.6 Å². The molecule has 33 heavy (non-hydrogen) atoms. The summed E-state index contributed by atoms with van der Waals surface area (Å²) in [6, 6.07) is 19.8. The van der Waals surface area contributed by atoms with E-state index in [9.17, 15) is 0 Å². The maximum atomic E-state index is 4.83. The van der Waals surface area contributed by atoms with Crippen molar-refractivity contribution in [2.75, 3.05) is 19.6 Å². The summed E-state index contributed by atoms with van der Waals surface area (Å²) in [5, 5.41) is 11.2. The Morgan fingerprint density at radius 3 is 2.64 bits per heavy atom. The fourth-order valence-electron chi connectivity index (χ4n) is 4.21. The molecule has 0 saturated carbocycles. The quantitative estimate of drug-likeness (QED) is 0.238. The lowest BCUT2D eigenvalue weighted by Gasteiger charge is -2.25. The number of likely N-dealkylation sites (tertiary alicyclic amines) is 1. The van der Waals surface area contributed by atoms with Gasteiger partial charge in [0.25, 0.3) is 0 Å². The summed E-state index contributed by atoms with van der Waals surface area (Å²) >= 11 is 0. The van der Waals surface area contributed by atoms with E-state index in [1.807, 2.05) is 4.68 Å². The predicted octanol–water partition coefficient (Wildman–Crippen LogP) is 3.66. The lowest BCUT2D eigenvalue weighted by Crippen LogP contribution is -2.44. The minimum Gasteiger partial charge on any atom is -0.357 e. The van der Waals surface area contributed by atoms with Crippen LogP contribution in [0.15, 0.2) is 72.2 Å². The second-order valence-electron chi connectivity index (χ2n) is 8.24. The van der Waals surface area contributed by atoms with Crippen LogP contribution in [0.25, 0.3) is 0 Å². The average Bonchev–Trinajstić information content (AvgIpc) is 3.49. The van der Waals surface area contributed by atoms with E-state index in [-0.39, 0.29) is 24.0 Å². The molecular weight excluding hydrogens is 525 g/mol. The van der Waals surface area contributed by atoms with E-state index in [1.54, 1.807) is 12.7 Å². The topological polar surface area (TPSA) is 70.4 Å². The Kier molecular flexibility index (Phi) is 10.1. The van der Waals surface area contributed by atoms with E-state index in [1.165, 1.54) is 29.5 Å². The first-order valence-corrected chi connectivity index (χ1v) is 11.5. The van der Waals surface area contributed by atoms with Crippen LogP contribution < -0.4 is 10.6 Å². The molecule has 7 nitrogen and oxygen atoms in total. The fourth-order valence-corrected chi connectivity index (χ4v) is 4.21. The van der Waals surface area contributed by atoms with Gasteiger partial charge >= 0.3 is 0 Å². The van der Waals surface area contributed by atoms with Crippen LogP contribution in [0.4, 0.5) is 0 Å². The summed E-state index contributed by atoms with van der Waals surface area (Å²) in [5.41, 5.74) is 3.76. The predicted molar refractivity (Wildman–Crippen MR) is 144 cm³/mol. The molecule has 1 atom stereocenters. The van der Waals surface area contributed by atoms with E-state index < -0.39 is 0 Å². The number of aliphatic imine (C=N–C) groups is 1. The highest BCUT2D eigenvalue weighted by atomic mass is 127. The summed E-state index contributed by atoms with van der Waals surface area (Å²) in [6.07, 6.45) is 5.78. The highest BCUT2D eigenvalue weighted by Crippen LogP contribution is 2.19. The summed E-state index contributed by atoms with van der Waals surface area (Å²) in [7, 11) is 0. The molecule has 1 fully saturated rings. The van der Waals surface area contributed by atoms with Crippen LogP contribution in [-0.4, -0.2) is 51.3 Å². The highest BCUT2D eigenvalue weighted by Gasteiger charge is 2.24. The van der Waals surface area contributed by atoms with Gasteiger partial charge in [0.2, 0.25) is 0 Å². The van der Waals surface area contributed by atoms with Crippen molar-refractivity contribution in [2.45, 2.75) is 45.4 Å². The maximum absolute atomic E-state index is 4.83. The van der Waals surface area contributed by atoms with Crippen LogP contribution in [0.3, 0.4) is 0 Å². The molecule has 1 aliphatic rings. The van der Waals surface area contributed by atoms with Crippen LogP contribution >= 0.6 is 24.0 Å². The second-order valence-corrected chi connectivity index (χ2v) is 8.24. The van der Waals surface area contributed by atoms with Gasteiger partial charge in [0.05, 0.1) is 13.1 Å². The van der Waals surface area contributed by atoms with Crippen molar-refractivity contribution in [2.24, 2.45) is 4.99 Å². The lowest BCUT2D eigenvalue weighted by atomic mass is 10.1. The zero-order chi connectivity index (χ0) is 22.0. The molecule has 4 rings (SSSR count). The van der Waals surface area contributed by atoms with Crippen molar-refractivity contribution in [3.05, 3.63) is 83.9 Å². The van der Waals surface area contributed by atoms with Crippen LogP contribution in [0, 0.1) is 0 Å². The molecule has 176 valence electrons. The molecule has 0 spiro atoms. The number of nitrogens with one attached hydrogen (secondary N) is 2. The Morgan fingerprint density at radius 2 is 1.85 bits per heavy atom. The molecule has 2 N–H and O–H groups in total. The van der Waals surface area contributed by atoms with Gasteiger partial charge in [-0.15, -0.1) is 24.0 Å². The van der Waals surface area contributed by atoms with Crippen molar-refractivity contribution in [3.8, 4) is 0 Å². The molecule has 2 heterocycles. The standard InChI is InChI=1S/C25H33N7.HI/c1-2-27-25(28-15-22-10-6-11-23(14-22)18-32-20-26-19-30-32)29-16-24-12-7-13-31(24)17-21-8-4-3-5-9-21;/h3-6,8-11,14,19-20,24H,2,7,12-13,15-18H2,1H3,(H2,27,28,29);1H. The summed E-state index contributed by atoms with van der Waals surface area (Å²) < 4.78 is 1.83. The zero-order valence-electron chi connectivity index (χ0n) is 19.2. The van der Waals surface area contributed by atoms with Crippen molar-refractivity contribution in [1.82, 2.24) is 30.3 Å². The van der Waals surface area contributed by atoms with Gasteiger partial charge in [-0.2, -0.15) is 5.10 Å². The third-order valence-corrected chi connectivity index (χ3v) is 5.80. The molecule has 0 bridgehead atoms. The van der Waals surface area contributed by atoms with Gasteiger partial charge in [0.15, 0.2) is 5.96 Å². The number of nitrogens with zero attached hydrogens (tertiary/aromatic N) is 5. The van der Waals surface area contributed by atoms with E-state index in [0.29, 0.717) is 12.6 Å². The van der Waals surface area contributed by atoms with Gasteiger partial charge in [0, 0.05) is 25.7 Å². The van der Waals surface area contributed by atoms with Crippen molar-refractivity contribution < 1.29 is 0 Å². The molecule has 1 aliphatic heterocycles. The largest absolute Gasteiger partial charge is 0.357 e. The van der Waals surface area contributed by atoms with Crippen molar-refractivity contribution in [1.29, 1.82) is 0 Å². The Balaban J connectivity index is 0.00000306. The minimum absolute atomic E-state index is 0. The van der Waals surface area contributed by atoms with Crippen molar-refractivity contribution in [3.63, 3.8) is 0 Å². The summed E-state index contributed by atoms with van der Waals surface area (Å²) in [6.45, 7) is 7.38. The molecule has 1 saturated heterocycles. The third-order valence-electron chi connectivity index (χ3n) is 5.80. The van der Waals surface area contributed by atoms with Crippen LogP contribution in [0.1, 0.15) is 36.5 Å². The van der Waals surface area contributed by atoms with Gasteiger partial charge < -0.3 is 10.6 Å². The Bertz CT molecular complexity index is 975. The normalized spacial score (nSPS) is 16.4. The Hall–Kier alpha value is -2.46. The Labute approximate surface area is 213 Å². The third kappa shape index (κ3) is 7.82. The molecule has 8 heteroatoms. The molecule has 0 radical (unpaired) electrons.